The number of rotatable bonds is 5. The van der Waals surface area contributed by atoms with Crippen LogP contribution < -0.4 is 5.73 Å². The maximum absolute atomic E-state index is 12.1. The van der Waals surface area contributed by atoms with E-state index in [0.29, 0.717) is 13.1 Å². The van der Waals surface area contributed by atoms with Crippen LogP contribution in [0.3, 0.4) is 0 Å². The Kier molecular flexibility index (Phi) is 5.44. The standard InChI is InChI=1S/C9H19F3N2/c1-4-14(6-9(10,11)12)8(3)7(2)5-13/h7-8H,4-6,13H2,1-3H3. The summed E-state index contributed by atoms with van der Waals surface area (Å²) in [5, 5.41) is 0. The Morgan fingerprint density at radius 3 is 2.07 bits per heavy atom. The van der Waals surface area contributed by atoms with Crippen molar-refractivity contribution in [2.24, 2.45) is 11.7 Å². The Morgan fingerprint density at radius 2 is 1.79 bits per heavy atom. The Bertz CT molecular complexity index is 159. The van der Waals surface area contributed by atoms with E-state index < -0.39 is 12.7 Å². The minimum Gasteiger partial charge on any atom is -0.330 e. The summed E-state index contributed by atoms with van der Waals surface area (Å²) in [4.78, 5) is 1.40. The molecular formula is C9H19F3N2. The molecule has 0 saturated heterocycles. The summed E-state index contributed by atoms with van der Waals surface area (Å²) in [6, 6.07) is -0.133. The molecule has 0 aromatic rings. The molecular weight excluding hydrogens is 193 g/mol. The van der Waals surface area contributed by atoms with Gasteiger partial charge in [-0.05, 0) is 25.9 Å². The van der Waals surface area contributed by atoms with Gasteiger partial charge in [0.05, 0.1) is 6.54 Å². The number of nitrogens with two attached hydrogens (primary N) is 1. The molecule has 86 valence electrons. The minimum absolute atomic E-state index is 0.0808. The van der Waals surface area contributed by atoms with Crippen molar-refractivity contribution >= 4 is 0 Å². The smallest absolute Gasteiger partial charge is 0.330 e. The van der Waals surface area contributed by atoms with Crippen LogP contribution in [0.5, 0.6) is 0 Å². The van der Waals surface area contributed by atoms with Gasteiger partial charge in [-0.25, -0.2) is 0 Å². The summed E-state index contributed by atoms with van der Waals surface area (Å²) in [5.74, 6) is 0.0808. The predicted molar refractivity (Wildman–Crippen MR) is 51.0 cm³/mol. The minimum atomic E-state index is -4.13. The van der Waals surface area contributed by atoms with Gasteiger partial charge < -0.3 is 5.73 Å². The lowest BCUT2D eigenvalue weighted by molar-refractivity contribution is -0.151. The molecule has 0 aromatic heterocycles. The highest BCUT2D eigenvalue weighted by Gasteiger charge is 2.32. The largest absolute Gasteiger partial charge is 0.401 e. The molecule has 0 heterocycles. The van der Waals surface area contributed by atoms with Crippen molar-refractivity contribution in [1.82, 2.24) is 4.90 Å². The topological polar surface area (TPSA) is 29.3 Å². The third-order valence-corrected chi connectivity index (χ3v) is 2.56. The summed E-state index contributed by atoms with van der Waals surface area (Å²) < 4.78 is 36.4. The molecule has 0 aliphatic carbocycles. The van der Waals surface area contributed by atoms with Gasteiger partial charge in [-0.15, -0.1) is 0 Å². The fourth-order valence-corrected chi connectivity index (χ4v) is 1.33. The molecule has 0 fully saturated rings. The maximum Gasteiger partial charge on any atom is 0.401 e. The van der Waals surface area contributed by atoms with Crippen molar-refractivity contribution in [3.8, 4) is 0 Å². The summed E-state index contributed by atoms with van der Waals surface area (Å²) in [7, 11) is 0. The van der Waals surface area contributed by atoms with Crippen LogP contribution in [0.1, 0.15) is 20.8 Å². The van der Waals surface area contributed by atoms with Crippen LogP contribution in [0.25, 0.3) is 0 Å². The lowest BCUT2D eigenvalue weighted by Gasteiger charge is -2.32. The van der Waals surface area contributed by atoms with Gasteiger partial charge in [0.1, 0.15) is 0 Å². The number of alkyl halides is 3. The molecule has 0 aliphatic rings. The molecule has 5 heteroatoms. The van der Waals surface area contributed by atoms with E-state index in [1.54, 1.807) is 13.8 Å². The van der Waals surface area contributed by atoms with Gasteiger partial charge >= 0.3 is 6.18 Å². The first kappa shape index (κ1) is 13.7. The van der Waals surface area contributed by atoms with Gasteiger partial charge in [-0.2, -0.15) is 13.2 Å². The highest BCUT2D eigenvalue weighted by molar-refractivity contribution is 4.74. The van der Waals surface area contributed by atoms with Crippen molar-refractivity contribution in [2.45, 2.75) is 33.0 Å². The summed E-state index contributed by atoms with van der Waals surface area (Å²) in [6.07, 6.45) is -4.13. The summed E-state index contributed by atoms with van der Waals surface area (Å²) in [5.41, 5.74) is 5.42. The molecule has 0 amide bonds. The van der Waals surface area contributed by atoms with Crippen LogP contribution >= 0.6 is 0 Å². The number of hydrogen-bond acceptors (Lipinski definition) is 2. The van der Waals surface area contributed by atoms with E-state index in [1.165, 1.54) is 4.90 Å². The molecule has 0 spiro atoms. The van der Waals surface area contributed by atoms with Crippen molar-refractivity contribution in [1.29, 1.82) is 0 Å². The second kappa shape index (κ2) is 5.56. The molecule has 2 nitrogen and oxygen atoms in total. The van der Waals surface area contributed by atoms with E-state index in [1.807, 2.05) is 6.92 Å². The highest BCUT2D eigenvalue weighted by Crippen LogP contribution is 2.19. The summed E-state index contributed by atoms with van der Waals surface area (Å²) >= 11 is 0. The molecule has 0 radical (unpaired) electrons. The zero-order valence-corrected chi connectivity index (χ0v) is 8.93. The zero-order chi connectivity index (χ0) is 11.4. The van der Waals surface area contributed by atoms with Gasteiger partial charge in [-0.3, -0.25) is 4.90 Å². The molecule has 0 rings (SSSR count). The molecule has 2 N–H and O–H groups in total. The number of halogens is 3. The van der Waals surface area contributed by atoms with Crippen LogP contribution in [-0.4, -0.2) is 36.8 Å². The maximum atomic E-state index is 12.1. The predicted octanol–water partition coefficient (Wildman–Crippen LogP) is 1.85. The Labute approximate surface area is 83.3 Å². The Hall–Kier alpha value is -0.290. The molecule has 0 aromatic carbocycles. The normalized spacial score (nSPS) is 17.1. The highest BCUT2D eigenvalue weighted by atomic mass is 19.4. The Balaban J connectivity index is 4.26. The van der Waals surface area contributed by atoms with Gasteiger partial charge in [-0.1, -0.05) is 13.8 Å². The lowest BCUT2D eigenvalue weighted by Crippen LogP contribution is -2.44. The fourth-order valence-electron chi connectivity index (χ4n) is 1.33. The zero-order valence-electron chi connectivity index (χ0n) is 8.93. The first-order chi connectivity index (χ1) is 6.31. The van der Waals surface area contributed by atoms with Crippen LogP contribution in [-0.2, 0) is 0 Å². The number of nitrogens with zero attached hydrogens (tertiary/aromatic N) is 1. The third kappa shape index (κ3) is 4.81. The quantitative estimate of drug-likeness (QED) is 0.753. The van der Waals surface area contributed by atoms with Gasteiger partial charge in [0.15, 0.2) is 0 Å². The van der Waals surface area contributed by atoms with E-state index in [4.69, 9.17) is 5.73 Å². The average Bonchev–Trinajstić information content (AvgIpc) is 2.10. The molecule has 2 unspecified atom stereocenters. The second-order valence-electron chi connectivity index (χ2n) is 3.63. The van der Waals surface area contributed by atoms with Gasteiger partial charge in [0.25, 0.3) is 0 Å². The Morgan fingerprint density at radius 1 is 1.29 bits per heavy atom. The first-order valence-corrected chi connectivity index (χ1v) is 4.82. The average molecular weight is 212 g/mol. The third-order valence-electron chi connectivity index (χ3n) is 2.56. The SMILES string of the molecule is CCN(CC(F)(F)F)C(C)C(C)CN. The van der Waals surface area contributed by atoms with Crippen molar-refractivity contribution in [3.05, 3.63) is 0 Å². The lowest BCUT2D eigenvalue weighted by atomic mass is 10.0. The van der Waals surface area contributed by atoms with Crippen molar-refractivity contribution in [2.75, 3.05) is 19.6 Å². The molecule has 14 heavy (non-hydrogen) atoms. The van der Waals surface area contributed by atoms with Crippen molar-refractivity contribution in [3.63, 3.8) is 0 Å². The monoisotopic (exact) mass is 212 g/mol. The van der Waals surface area contributed by atoms with Crippen LogP contribution in [0.4, 0.5) is 13.2 Å². The van der Waals surface area contributed by atoms with Gasteiger partial charge in [0.2, 0.25) is 0 Å². The van der Waals surface area contributed by atoms with E-state index >= 15 is 0 Å². The second-order valence-corrected chi connectivity index (χ2v) is 3.63. The first-order valence-electron chi connectivity index (χ1n) is 4.82. The van der Waals surface area contributed by atoms with Crippen LogP contribution in [0.2, 0.25) is 0 Å². The van der Waals surface area contributed by atoms with Crippen LogP contribution in [0.15, 0.2) is 0 Å². The van der Waals surface area contributed by atoms with Gasteiger partial charge in [0, 0.05) is 6.04 Å². The van der Waals surface area contributed by atoms with E-state index in [0.717, 1.165) is 0 Å². The number of hydrogen-bond donors (Lipinski definition) is 1. The van der Waals surface area contributed by atoms with E-state index in [-0.39, 0.29) is 12.0 Å². The van der Waals surface area contributed by atoms with Crippen LogP contribution in [0, 0.1) is 5.92 Å². The molecule has 2 atom stereocenters. The van der Waals surface area contributed by atoms with E-state index in [2.05, 4.69) is 0 Å². The molecule has 0 saturated carbocycles. The summed E-state index contributed by atoms with van der Waals surface area (Å²) in [6.45, 7) is 5.33. The molecule has 0 aliphatic heterocycles. The fraction of sp³-hybridized carbons (Fsp3) is 1.00. The van der Waals surface area contributed by atoms with E-state index in [9.17, 15) is 13.2 Å². The van der Waals surface area contributed by atoms with Crippen molar-refractivity contribution < 1.29 is 13.2 Å². The molecule has 0 bridgehead atoms.